The summed E-state index contributed by atoms with van der Waals surface area (Å²) in [5.41, 5.74) is -0.333. The normalized spacial score (nSPS) is 27.1. The summed E-state index contributed by atoms with van der Waals surface area (Å²) in [5, 5.41) is 12.5. The highest BCUT2D eigenvalue weighted by atomic mass is 32.2. The number of nitrogens with one attached hydrogen (secondary N) is 1. The molecule has 0 aromatic rings. The van der Waals surface area contributed by atoms with Crippen molar-refractivity contribution in [1.29, 1.82) is 0 Å². The molecule has 1 heterocycles. The summed E-state index contributed by atoms with van der Waals surface area (Å²) in [7, 11) is -2.92. The molecule has 0 aromatic carbocycles. The van der Waals surface area contributed by atoms with Crippen molar-refractivity contribution in [2.45, 2.75) is 38.1 Å². The van der Waals surface area contributed by atoms with Crippen molar-refractivity contribution in [2.75, 3.05) is 24.7 Å². The molecule has 1 atom stereocenters. The van der Waals surface area contributed by atoms with Gasteiger partial charge in [-0.15, -0.1) is 0 Å². The standard InChI is InChI=1S/C10H21NO3S/c1-2-7-15(13,14)8-5-10(9-12)4-3-6-11-10/h11-12H,2-9H2,1H3. The quantitative estimate of drug-likeness (QED) is 0.695. The Labute approximate surface area is 92.0 Å². The maximum absolute atomic E-state index is 11.5. The number of aliphatic hydroxyl groups excluding tert-OH is 1. The van der Waals surface area contributed by atoms with Gasteiger partial charge in [-0.05, 0) is 32.2 Å². The first-order valence-corrected chi connectivity index (χ1v) is 7.42. The van der Waals surface area contributed by atoms with Crippen molar-refractivity contribution < 1.29 is 13.5 Å². The molecule has 4 nitrogen and oxygen atoms in total. The lowest BCUT2D eigenvalue weighted by molar-refractivity contribution is 0.174. The Morgan fingerprint density at radius 3 is 2.60 bits per heavy atom. The lowest BCUT2D eigenvalue weighted by Crippen LogP contribution is -2.44. The van der Waals surface area contributed by atoms with Gasteiger partial charge in [0.2, 0.25) is 0 Å². The average molecular weight is 235 g/mol. The van der Waals surface area contributed by atoms with Gasteiger partial charge in [-0.1, -0.05) is 6.92 Å². The first-order chi connectivity index (χ1) is 7.04. The predicted molar refractivity (Wildman–Crippen MR) is 60.6 cm³/mol. The third-order valence-electron chi connectivity index (χ3n) is 3.04. The Balaban J connectivity index is 2.47. The van der Waals surface area contributed by atoms with Gasteiger partial charge < -0.3 is 10.4 Å². The zero-order chi connectivity index (χ0) is 11.4. The van der Waals surface area contributed by atoms with Gasteiger partial charge in [0.15, 0.2) is 0 Å². The van der Waals surface area contributed by atoms with E-state index in [1.165, 1.54) is 0 Å². The molecule has 15 heavy (non-hydrogen) atoms. The molecule has 2 N–H and O–H groups in total. The molecular formula is C10H21NO3S. The highest BCUT2D eigenvalue weighted by Gasteiger charge is 2.33. The topological polar surface area (TPSA) is 66.4 Å². The van der Waals surface area contributed by atoms with E-state index in [-0.39, 0.29) is 23.7 Å². The fourth-order valence-corrected chi connectivity index (χ4v) is 3.59. The van der Waals surface area contributed by atoms with Gasteiger partial charge in [-0.2, -0.15) is 0 Å². The van der Waals surface area contributed by atoms with Gasteiger partial charge >= 0.3 is 0 Å². The van der Waals surface area contributed by atoms with Gasteiger partial charge in [0.05, 0.1) is 12.4 Å². The number of hydrogen-bond acceptors (Lipinski definition) is 4. The van der Waals surface area contributed by atoms with Gasteiger partial charge in [0.25, 0.3) is 0 Å². The Hall–Kier alpha value is -0.130. The largest absolute Gasteiger partial charge is 0.394 e. The van der Waals surface area contributed by atoms with Crippen LogP contribution in [0.3, 0.4) is 0 Å². The van der Waals surface area contributed by atoms with Crippen LogP contribution in [0, 0.1) is 0 Å². The van der Waals surface area contributed by atoms with E-state index in [4.69, 9.17) is 0 Å². The van der Waals surface area contributed by atoms with Crippen LogP contribution < -0.4 is 5.32 Å². The van der Waals surface area contributed by atoms with E-state index < -0.39 is 9.84 Å². The van der Waals surface area contributed by atoms with Crippen molar-refractivity contribution in [3.8, 4) is 0 Å². The molecular weight excluding hydrogens is 214 g/mol. The molecule has 1 saturated heterocycles. The maximum Gasteiger partial charge on any atom is 0.150 e. The zero-order valence-electron chi connectivity index (χ0n) is 9.33. The molecule has 0 aliphatic carbocycles. The fraction of sp³-hybridized carbons (Fsp3) is 1.00. The number of rotatable bonds is 6. The monoisotopic (exact) mass is 235 g/mol. The van der Waals surface area contributed by atoms with Crippen LogP contribution in [0.25, 0.3) is 0 Å². The van der Waals surface area contributed by atoms with Gasteiger partial charge in [-0.3, -0.25) is 0 Å². The summed E-state index contributed by atoms with van der Waals surface area (Å²) in [6.07, 6.45) is 3.10. The van der Waals surface area contributed by atoms with E-state index in [0.29, 0.717) is 12.8 Å². The van der Waals surface area contributed by atoms with E-state index in [9.17, 15) is 13.5 Å². The van der Waals surface area contributed by atoms with Gasteiger partial charge in [-0.25, -0.2) is 8.42 Å². The molecule has 0 bridgehead atoms. The second-order valence-electron chi connectivity index (χ2n) is 4.37. The summed E-state index contributed by atoms with van der Waals surface area (Å²) in [6.45, 7) is 2.79. The fourth-order valence-electron chi connectivity index (χ4n) is 2.06. The van der Waals surface area contributed by atoms with Crippen molar-refractivity contribution in [3.63, 3.8) is 0 Å². The molecule has 0 saturated carbocycles. The molecule has 1 fully saturated rings. The van der Waals surface area contributed by atoms with Crippen molar-refractivity contribution >= 4 is 9.84 Å². The van der Waals surface area contributed by atoms with Crippen LogP contribution in [0.15, 0.2) is 0 Å². The van der Waals surface area contributed by atoms with Gasteiger partial charge in [0, 0.05) is 11.3 Å². The first-order valence-electron chi connectivity index (χ1n) is 5.60. The second-order valence-corrected chi connectivity index (χ2v) is 6.67. The highest BCUT2D eigenvalue weighted by Crippen LogP contribution is 2.23. The van der Waals surface area contributed by atoms with Crippen molar-refractivity contribution in [3.05, 3.63) is 0 Å². The third-order valence-corrected chi connectivity index (χ3v) is 4.90. The van der Waals surface area contributed by atoms with Crippen LogP contribution in [0.1, 0.15) is 32.6 Å². The molecule has 1 rings (SSSR count). The molecule has 0 radical (unpaired) electrons. The lowest BCUT2D eigenvalue weighted by atomic mass is 9.96. The number of sulfone groups is 1. The average Bonchev–Trinajstić information content (AvgIpc) is 2.64. The Morgan fingerprint density at radius 1 is 1.40 bits per heavy atom. The summed E-state index contributed by atoms with van der Waals surface area (Å²) < 4.78 is 23.1. The lowest BCUT2D eigenvalue weighted by Gasteiger charge is -2.26. The predicted octanol–water partition coefficient (Wildman–Crippen LogP) is 0.316. The Morgan fingerprint density at radius 2 is 2.13 bits per heavy atom. The highest BCUT2D eigenvalue weighted by molar-refractivity contribution is 7.91. The smallest absolute Gasteiger partial charge is 0.150 e. The maximum atomic E-state index is 11.5. The van der Waals surface area contributed by atoms with E-state index in [1.807, 2.05) is 6.92 Å². The van der Waals surface area contributed by atoms with Gasteiger partial charge in [0.1, 0.15) is 9.84 Å². The SMILES string of the molecule is CCCS(=O)(=O)CCC1(CO)CCCN1. The van der Waals surface area contributed by atoms with E-state index >= 15 is 0 Å². The van der Waals surface area contributed by atoms with Crippen LogP contribution in [0.2, 0.25) is 0 Å². The molecule has 1 aliphatic heterocycles. The molecule has 0 spiro atoms. The van der Waals surface area contributed by atoms with Crippen LogP contribution in [0.5, 0.6) is 0 Å². The molecule has 90 valence electrons. The first kappa shape index (κ1) is 12.9. The van der Waals surface area contributed by atoms with E-state index in [0.717, 1.165) is 19.4 Å². The molecule has 1 aliphatic rings. The van der Waals surface area contributed by atoms with Crippen molar-refractivity contribution in [1.82, 2.24) is 5.32 Å². The van der Waals surface area contributed by atoms with Crippen LogP contribution in [0.4, 0.5) is 0 Å². The number of aliphatic hydroxyl groups is 1. The minimum Gasteiger partial charge on any atom is -0.394 e. The molecule has 0 aromatic heterocycles. The Bertz CT molecular complexity index is 281. The van der Waals surface area contributed by atoms with E-state index in [1.54, 1.807) is 0 Å². The van der Waals surface area contributed by atoms with Crippen LogP contribution in [-0.4, -0.2) is 43.7 Å². The summed E-state index contributed by atoms with van der Waals surface area (Å²) in [4.78, 5) is 0. The second kappa shape index (κ2) is 5.27. The third kappa shape index (κ3) is 3.74. The van der Waals surface area contributed by atoms with Crippen LogP contribution >= 0.6 is 0 Å². The van der Waals surface area contributed by atoms with E-state index in [2.05, 4.69) is 5.32 Å². The van der Waals surface area contributed by atoms with Crippen molar-refractivity contribution in [2.24, 2.45) is 0 Å². The minimum absolute atomic E-state index is 0.0364. The summed E-state index contributed by atoms with van der Waals surface area (Å²) in [5.74, 6) is 0.447. The molecule has 0 amide bonds. The van der Waals surface area contributed by atoms with Crippen LogP contribution in [-0.2, 0) is 9.84 Å². The zero-order valence-corrected chi connectivity index (χ0v) is 10.1. The Kier molecular flexibility index (Phi) is 4.55. The summed E-state index contributed by atoms with van der Waals surface area (Å²) in [6, 6.07) is 0. The molecule has 5 heteroatoms. The minimum atomic E-state index is -2.92. The number of hydrogen-bond donors (Lipinski definition) is 2. The summed E-state index contributed by atoms with van der Waals surface area (Å²) >= 11 is 0. The molecule has 1 unspecified atom stereocenters.